The van der Waals surface area contributed by atoms with Crippen molar-refractivity contribution in [3.63, 3.8) is 0 Å². The molecule has 0 bridgehead atoms. The number of allylic oxidation sites excluding steroid dienone is 18. The van der Waals surface area contributed by atoms with Crippen LogP contribution >= 0.6 is 7.82 Å². The number of nitrogens with zero attached hydrogens (tertiary/aromatic N) is 1. The highest BCUT2D eigenvalue weighted by Crippen LogP contribution is 2.43. The van der Waals surface area contributed by atoms with E-state index in [1.54, 1.807) is 0 Å². The van der Waals surface area contributed by atoms with E-state index in [-0.39, 0.29) is 19.1 Å². The van der Waals surface area contributed by atoms with E-state index >= 15 is 0 Å². The summed E-state index contributed by atoms with van der Waals surface area (Å²) in [5.74, 6) is -0.151. The number of hydrogen-bond donors (Lipinski definition) is 3. The van der Waals surface area contributed by atoms with Crippen LogP contribution in [0.1, 0.15) is 245 Å². The largest absolute Gasteiger partial charge is 0.472 e. The summed E-state index contributed by atoms with van der Waals surface area (Å²) in [6.07, 6.45) is 80.1. The van der Waals surface area contributed by atoms with Crippen molar-refractivity contribution >= 4 is 13.7 Å². The van der Waals surface area contributed by atoms with Gasteiger partial charge in [0.2, 0.25) is 5.91 Å². The van der Waals surface area contributed by atoms with Crippen molar-refractivity contribution in [2.24, 2.45) is 0 Å². The third-order valence-electron chi connectivity index (χ3n) is 13.0. The van der Waals surface area contributed by atoms with Gasteiger partial charge in [0, 0.05) is 6.42 Å². The minimum atomic E-state index is -4.33. The van der Waals surface area contributed by atoms with Gasteiger partial charge in [-0.25, -0.2) is 4.57 Å². The lowest BCUT2D eigenvalue weighted by atomic mass is 10.0. The molecular formula is C65H116N2O6P+. The summed E-state index contributed by atoms with van der Waals surface area (Å²) < 4.78 is 23.7. The van der Waals surface area contributed by atoms with E-state index in [1.807, 2.05) is 21.1 Å². The van der Waals surface area contributed by atoms with Crippen molar-refractivity contribution in [2.75, 3.05) is 40.9 Å². The monoisotopic (exact) mass is 1050 g/mol. The van der Waals surface area contributed by atoms with Crippen LogP contribution in [0.4, 0.5) is 0 Å². The number of phosphoric ester groups is 1. The first kappa shape index (κ1) is 71.2. The van der Waals surface area contributed by atoms with Crippen LogP contribution in [0.2, 0.25) is 0 Å². The van der Waals surface area contributed by atoms with Gasteiger partial charge in [-0.05, 0) is 83.5 Å². The molecule has 426 valence electrons. The van der Waals surface area contributed by atoms with Gasteiger partial charge in [-0.15, -0.1) is 0 Å². The predicted octanol–water partition coefficient (Wildman–Crippen LogP) is 18.8. The maximum atomic E-state index is 13.0. The molecule has 3 atom stereocenters. The number of amides is 1. The van der Waals surface area contributed by atoms with Crippen molar-refractivity contribution in [2.45, 2.75) is 257 Å². The van der Waals surface area contributed by atoms with Crippen molar-refractivity contribution in [1.29, 1.82) is 0 Å². The van der Waals surface area contributed by atoms with Crippen LogP contribution in [0, 0.1) is 0 Å². The van der Waals surface area contributed by atoms with Gasteiger partial charge in [-0.3, -0.25) is 13.8 Å². The molecule has 8 nitrogen and oxygen atoms in total. The molecule has 0 aromatic carbocycles. The molecule has 0 aromatic heterocycles. The average Bonchev–Trinajstić information content (AvgIpc) is 3.36. The molecule has 0 saturated heterocycles. The van der Waals surface area contributed by atoms with Crippen LogP contribution in [0.5, 0.6) is 0 Å². The molecule has 0 aliphatic rings. The fourth-order valence-corrected chi connectivity index (χ4v) is 9.07. The Labute approximate surface area is 457 Å². The summed E-state index contributed by atoms with van der Waals surface area (Å²) in [5.41, 5.74) is 0. The normalized spacial score (nSPS) is 14.6. The molecule has 0 rings (SSSR count). The van der Waals surface area contributed by atoms with E-state index in [9.17, 15) is 19.4 Å². The first-order valence-electron chi connectivity index (χ1n) is 30.3. The van der Waals surface area contributed by atoms with E-state index in [1.165, 1.54) is 122 Å². The second-order valence-corrected chi connectivity index (χ2v) is 22.8. The third-order valence-corrected chi connectivity index (χ3v) is 14.0. The zero-order valence-corrected chi connectivity index (χ0v) is 49.4. The summed E-state index contributed by atoms with van der Waals surface area (Å²) >= 11 is 0. The molecule has 0 spiro atoms. The fourth-order valence-electron chi connectivity index (χ4n) is 8.33. The van der Waals surface area contributed by atoms with E-state index in [0.29, 0.717) is 23.9 Å². The van der Waals surface area contributed by atoms with Crippen molar-refractivity contribution in [1.82, 2.24) is 5.32 Å². The number of rotatable bonds is 54. The number of aliphatic hydroxyl groups excluding tert-OH is 1. The summed E-state index contributed by atoms with van der Waals surface area (Å²) in [4.78, 5) is 23.3. The van der Waals surface area contributed by atoms with Gasteiger partial charge in [0.25, 0.3) is 0 Å². The number of hydrogen-bond acceptors (Lipinski definition) is 5. The van der Waals surface area contributed by atoms with Crippen LogP contribution in [0.3, 0.4) is 0 Å². The molecule has 0 radical (unpaired) electrons. The highest BCUT2D eigenvalue weighted by atomic mass is 31.2. The lowest BCUT2D eigenvalue weighted by Gasteiger charge is -2.26. The number of likely N-dealkylation sites (N-methyl/N-ethyl adjacent to an activating group) is 1. The third kappa shape index (κ3) is 56.9. The standard InChI is InChI=1S/C65H115N2O6P/c1-6-8-10-12-14-16-18-20-21-22-23-24-25-26-27-28-29-30-31-32-33-34-35-36-37-38-39-40-41-42-43-44-45-47-49-51-53-55-57-59-65(69)66-63(62-73-74(70,71)72-61-60-67(3,4)5)64(68)58-56-54-52-50-48-46-19-17-15-13-11-9-7-2/h8,10,14,16,20-21,23-24,26-27,29-30,32-33,35-36,38-39,63-64,68H,6-7,9,11-13,15,17-19,22,25,28,31,34,37,40-62H2,1-5H3,(H-,66,69,70,71)/p+1/b10-8-,16-14-,21-20-,24-23-,27-26-,30-29-,33-32-,36-35-,39-38-. The van der Waals surface area contributed by atoms with Crippen LogP contribution in [-0.4, -0.2) is 73.4 Å². The number of phosphoric acid groups is 1. The highest BCUT2D eigenvalue weighted by Gasteiger charge is 2.28. The van der Waals surface area contributed by atoms with Gasteiger partial charge in [0.1, 0.15) is 13.2 Å². The lowest BCUT2D eigenvalue weighted by molar-refractivity contribution is -0.870. The van der Waals surface area contributed by atoms with Crippen LogP contribution in [0.15, 0.2) is 109 Å². The molecule has 9 heteroatoms. The van der Waals surface area contributed by atoms with Crippen LogP contribution < -0.4 is 5.32 Å². The van der Waals surface area contributed by atoms with E-state index in [2.05, 4.69) is 129 Å². The highest BCUT2D eigenvalue weighted by molar-refractivity contribution is 7.47. The van der Waals surface area contributed by atoms with Gasteiger partial charge in [0.05, 0.1) is 39.9 Å². The number of quaternary nitrogens is 1. The molecule has 3 unspecified atom stereocenters. The molecular weight excluding hydrogens is 936 g/mol. The summed E-state index contributed by atoms with van der Waals surface area (Å²) in [6.45, 7) is 4.76. The molecule has 0 aliphatic heterocycles. The molecule has 74 heavy (non-hydrogen) atoms. The Bertz CT molecular complexity index is 1570. The lowest BCUT2D eigenvalue weighted by Crippen LogP contribution is -2.46. The summed E-state index contributed by atoms with van der Waals surface area (Å²) in [6, 6.07) is -0.768. The maximum Gasteiger partial charge on any atom is 0.472 e. The van der Waals surface area contributed by atoms with Gasteiger partial charge in [-0.1, -0.05) is 264 Å². The quantitative estimate of drug-likeness (QED) is 0.0243. The number of aliphatic hydroxyl groups is 1. The van der Waals surface area contributed by atoms with Gasteiger partial charge in [0.15, 0.2) is 0 Å². The van der Waals surface area contributed by atoms with Crippen molar-refractivity contribution in [3.05, 3.63) is 109 Å². The number of carbonyl (C=O) groups excluding carboxylic acids is 1. The maximum absolute atomic E-state index is 13.0. The topological polar surface area (TPSA) is 105 Å². The van der Waals surface area contributed by atoms with E-state index < -0.39 is 20.0 Å². The zero-order valence-electron chi connectivity index (χ0n) is 48.5. The minimum absolute atomic E-state index is 0.0701. The Morgan fingerprint density at radius 3 is 1.19 bits per heavy atom. The number of nitrogens with one attached hydrogen (secondary N) is 1. The Morgan fingerprint density at radius 1 is 0.473 bits per heavy atom. The summed E-state index contributed by atoms with van der Waals surface area (Å²) in [7, 11) is 1.60. The van der Waals surface area contributed by atoms with Crippen LogP contribution in [-0.2, 0) is 18.4 Å². The van der Waals surface area contributed by atoms with Crippen molar-refractivity contribution < 1.29 is 32.9 Å². The molecule has 0 aromatic rings. The zero-order chi connectivity index (χ0) is 54.2. The summed E-state index contributed by atoms with van der Waals surface area (Å²) in [5, 5.41) is 14.0. The number of unbranched alkanes of at least 4 members (excludes halogenated alkanes) is 23. The Kier molecular flexibility index (Phi) is 52.8. The second-order valence-electron chi connectivity index (χ2n) is 21.3. The number of carbonyl (C=O) groups is 1. The van der Waals surface area contributed by atoms with Crippen LogP contribution in [0.25, 0.3) is 0 Å². The molecule has 0 aliphatic carbocycles. The molecule has 0 fully saturated rings. The predicted molar refractivity (Wildman–Crippen MR) is 322 cm³/mol. The Balaban J connectivity index is 4.04. The van der Waals surface area contributed by atoms with Gasteiger partial charge < -0.3 is 19.8 Å². The average molecular weight is 1050 g/mol. The van der Waals surface area contributed by atoms with Crippen molar-refractivity contribution in [3.8, 4) is 0 Å². The fraction of sp³-hybridized carbons (Fsp3) is 0.708. The minimum Gasteiger partial charge on any atom is -0.391 e. The SMILES string of the molecule is CC/C=C\C/C=C\C/C=C\C/C=C\C/C=C\C/C=C\C/C=C\C/C=C\C/C=C\CCCCCCCCCCCCCC(=O)NC(COP(=O)(O)OCC[N+](C)(C)C)C(O)CCCCCCCCCCCCCCC. The smallest absolute Gasteiger partial charge is 0.391 e. The Hall–Kier alpha value is -2.84. The molecule has 3 N–H and O–H groups in total. The first-order valence-corrected chi connectivity index (χ1v) is 31.7. The Morgan fingerprint density at radius 2 is 0.811 bits per heavy atom. The van der Waals surface area contributed by atoms with Gasteiger partial charge in [-0.2, -0.15) is 0 Å². The first-order chi connectivity index (χ1) is 36.0. The van der Waals surface area contributed by atoms with E-state index in [0.717, 1.165) is 96.3 Å². The second kappa shape index (κ2) is 54.9. The molecule has 0 heterocycles. The van der Waals surface area contributed by atoms with E-state index in [4.69, 9.17) is 9.05 Å². The van der Waals surface area contributed by atoms with Gasteiger partial charge >= 0.3 is 7.82 Å². The molecule has 0 saturated carbocycles. The molecule has 1 amide bonds.